The van der Waals surface area contributed by atoms with Crippen LogP contribution in [-0.2, 0) is 9.53 Å². The van der Waals surface area contributed by atoms with Crippen molar-refractivity contribution in [3.8, 4) is 0 Å². The summed E-state index contributed by atoms with van der Waals surface area (Å²) in [6.07, 6.45) is 4.14. The fraction of sp³-hybridized carbons (Fsp3) is 0.588. The van der Waals surface area contributed by atoms with E-state index in [1.54, 1.807) is 0 Å². The van der Waals surface area contributed by atoms with Gasteiger partial charge >= 0.3 is 5.97 Å². The Labute approximate surface area is 135 Å². The third-order valence-corrected chi connectivity index (χ3v) is 5.06. The molecule has 1 saturated carbocycles. The van der Waals surface area contributed by atoms with E-state index in [1.165, 1.54) is 13.5 Å². The predicted octanol–water partition coefficient (Wildman–Crippen LogP) is 4.62. The molecule has 1 N–H and O–H groups in total. The molecule has 0 radical (unpaired) electrons. The average Bonchev–Trinajstić information content (AvgIpc) is 2.49. The van der Waals surface area contributed by atoms with Gasteiger partial charge in [0, 0.05) is 10.2 Å². The number of carbonyl (C=O) groups is 1. The highest BCUT2D eigenvalue weighted by Crippen LogP contribution is 2.41. The third-order valence-electron chi connectivity index (χ3n) is 4.54. The zero-order valence-corrected chi connectivity index (χ0v) is 14.6. The molecule has 3 nitrogen and oxygen atoms in total. The number of nitrogens with one attached hydrogen (secondary N) is 1. The largest absolute Gasteiger partial charge is 0.467 e. The molecular weight excluding hydrogens is 330 g/mol. The molecule has 0 aromatic heterocycles. The first kappa shape index (κ1) is 16.3. The van der Waals surface area contributed by atoms with Crippen LogP contribution in [0.5, 0.6) is 0 Å². The molecule has 1 aromatic rings. The fourth-order valence-corrected chi connectivity index (χ4v) is 3.80. The molecule has 21 heavy (non-hydrogen) atoms. The predicted molar refractivity (Wildman–Crippen MR) is 89.3 cm³/mol. The van der Waals surface area contributed by atoms with Crippen LogP contribution in [-0.4, -0.2) is 18.6 Å². The molecular formula is C17H24BrNO2. The van der Waals surface area contributed by atoms with Crippen LogP contribution in [0.15, 0.2) is 28.7 Å². The maximum absolute atomic E-state index is 12.6. The van der Waals surface area contributed by atoms with Crippen LogP contribution >= 0.6 is 15.9 Å². The Morgan fingerprint density at radius 2 is 2.00 bits per heavy atom. The van der Waals surface area contributed by atoms with Crippen LogP contribution in [0.3, 0.4) is 0 Å². The van der Waals surface area contributed by atoms with Crippen LogP contribution in [0.1, 0.15) is 39.5 Å². The second-order valence-electron chi connectivity index (χ2n) is 6.19. The Morgan fingerprint density at radius 3 is 2.57 bits per heavy atom. The number of ether oxygens (including phenoxy) is 1. The van der Waals surface area contributed by atoms with Crippen molar-refractivity contribution in [2.45, 2.75) is 45.1 Å². The topological polar surface area (TPSA) is 38.3 Å². The highest BCUT2D eigenvalue weighted by molar-refractivity contribution is 9.10. The van der Waals surface area contributed by atoms with Gasteiger partial charge < -0.3 is 10.1 Å². The van der Waals surface area contributed by atoms with Crippen molar-refractivity contribution in [1.82, 2.24) is 0 Å². The first-order valence-electron chi connectivity index (χ1n) is 7.62. The molecule has 0 heterocycles. The third kappa shape index (κ3) is 3.42. The van der Waals surface area contributed by atoms with Gasteiger partial charge in [-0.2, -0.15) is 0 Å². The zero-order valence-electron chi connectivity index (χ0n) is 13.0. The van der Waals surface area contributed by atoms with E-state index in [4.69, 9.17) is 4.74 Å². The second kappa shape index (κ2) is 6.82. The monoisotopic (exact) mass is 353 g/mol. The molecule has 1 aromatic carbocycles. The van der Waals surface area contributed by atoms with Gasteiger partial charge in [-0.15, -0.1) is 0 Å². The lowest BCUT2D eigenvalue weighted by atomic mass is 9.67. The fourth-order valence-electron chi connectivity index (χ4n) is 3.53. The first-order valence-corrected chi connectivity index (χ1v) is 8.41. The molecule has 1 fully saturated rings. The molecule has 0 bridgehead atoms. The van der Waals surface area contributed by atoms with Crippen molar-refractivity contribution < 1.29 is 9.53 Å². The molecule has 1 aliphatic rings. The molecule has 2 unspecified atom stereocenters. The summed E-state index contributed by atoms with van der Waals surface area (Å²) >= 11 is 3.44. The smallest absolute Gasteiger partial charge is 0.331 e. The van der Waals surface area contributed by atoms with E-state index in [-0.39, 0.29) is 5.97 Å². The molecule has 0 spiro atoms. The summed E-state index contributed by atoms with van der Waals surface area (Å²) in [5.41, 5.74) is 0.366. The summed E-state index contributed by atoms with van der Waals surface area (Å²) in [4.78, 5) is 12.6. The normalized spacial score (nSPS) is 25.7. The van der Waals surface area contributed by atoms with Gasteiger partial charge in [0.15, 0.2) is 0 Å². The van der Waals surface area contributed by atoms with Gasteiger partial charge in [-0.3, -0.25) is 0 Å². The van der Waals surface area contributed by atoms with Gasteiger partial charge in [0.05, 0.1) is 7.11 Å². The molecule has 2 atom stereocenters. The quantitative estimate of drug-likeness (QED) is 0.802. The minimum atomic E-state index is -0.602. The molecule has 1 aliphatic carbocycles. The number of carbonyl (C=O) groups excluding carboxylic acids is 1. The molecule has 0 aliphatic heterocycles. The van der Waals surface area contributed by atoms with E-state index in [0.29, 0.717) is 11.8 Å². The van der Waals surface area contributed by atoms with Crippen LogP contribution in [0.25, 0.3) is 0 Å². The van der Waals surface area contributed by atoms with E-state index in [2.05, 4.69) is 35.1 Å². The lowest BCUT2D eigenvalue weighted by Crippen LogP contribution is -2.56. The number of esters is 1. The summed E-state index contributed by atoms with van der Waals surface area (Å²) in [5.74, 6) is 0.596. The number of anilines is 1. The highest BCUT2D eigenvalue weighted by atomic mass is 79.9. The Balaban J connectivity index is 2.35. The maximum atomic E-state index is 12.6. The molecule has 4 heteroatoms. The van der Waals surface area contributed by atoms with Gasteiger partial charge in [0.1, 0.15) is 5.54 Å². The minimum Gasteiger partial charge on any atom is -0.467 e. The summed E-state index contributed by atoms with van der Waals surface area (Å²) in [5, 5.41) is 3.51. The van der Waals surface area contributed by atoms with Crippen LogP contribution in [0.4, 0.5) is 5.69 Å². The highest BCUT2D eigenvalue weighted by Gasteiger charge is 2.49. The summed E-state index contributed by atoms with van der Waals surface area (Å²) in [7, 11) is 1.49. The van der Waals surface area contributed by atoms with Crippen LogP contribution in [0, 0.1) is 11.8 Å². The van der Waals surface area contributed by atoms with Crippen molar-refractivity contribution in [2.24, 2.45) is 11.8 Å². The van der Waals surface area contributed by atoms with Crippen molar-refractivity contribution in [3.63, 3.8) is 0 Å². The number of hydrogen-bond donors (Lipinski definition) is 1. The Kier molecular flexibility index (Phi) is 5.31. The number of benzene rings is 1. The molecule has 116 valence electrons. The van der Waals surface area contributed by atoms with Crippen LogP contribution < -0.4 is 5.32 Å². The van der Waals surface area contributed by atoms with Crippen molar-refractivity contribution in [3.05, 3.63) is 28.7 Å². The van der Waals surface area contributed by atoms with Gasteiger partial charge in [-0.1, -0.05) is 42.6 Å². The summed E-state index contributed by atoms with van der Waals surface area (Å²) in [6, 6.07) is 7.97. The Bertz CT molecular complexity index is 486. The lowest BCUT2D eigenvalue weighted by Gasteiger charge is -2.45. The molecule has 0 amide bonds. The van der Waals surface area contributed by atoms with Crippen LogP contribution in [0.2, 0.25) is 0 Å². The molecule has 0 saturated heterocycles. The number of hydrogen-bond acceptors (Lipinski definition) is 3. The van der Waals surface area contributed by atoms with E-state index in [9.17, 15) is 4.79 Å². The number of methoxy groups -OCH3 is 1. The van der Waals surface area contributed by atoms with Crippen molar-refractivity contribution in [1.29, 1.82) is 0 Å². The average molecular weight is 354 g/mol. The summed E-state index contributed by atoms with van der Waals surface area (Å²) < 4.78 is 6.19. The number of rotatable bonds is 4. The SMILES string of the molecule is COC(=O)C1(Nc2ccc(Br)cc2)CCCCC1C(C)C. The van der Waals surface area contributed by atoms with Crippen molar-refractivity contribution >= 4 is 27.6 Å². The standard InChI is InChI=1S/C17H24BrNO2/c1-12(2)15-6-4-5-11-17(15,16(20)21-3)19-14-9-7-13(18)8-10-14/h7-10,12,15,19H,4-6,11H2,1-3H3. The lowest BCUT2D eigenvalue weighted by molar-refractivity contribution is -0.150. The number of halogens is 1. The molecule has 2 rings (SSSR count). The Morgan fingerprint density at radius 1 is 1.33 bits per heavy atom. The van der Waals surface area contributed by atoms with E-state index in [0.717, 1.165) is 29.4 Å². The van der Waals surface area contributed by atoms with E-state index >= 15 is 0 Å². The second-order valence-corrected chi connectivity index (χ2v) is 7.11. The van der Waals surface area contributed by atoms with E-state index in [1.807, 2.05) is 24.3 Å². The van der Waals surface area contributed by atoms with Crippen molar-refractivity contribution in [2.75, 3.05) is 12.4 Å². The van der Waals surface area contributed by atoms with Gasteiger partial charge in [-0.05, 0) is 48.9 Å². The van der Waals surface area contributed by atoms with E-state index < -0.39 is 5.54 Å². The Hall–Kier alpha value is -1.03. The zero-order chi connectivity index (χ0) is 15.5. The first-order chi connectivity index (χ1) is 9.99. The minimum absolute atomic E-state index is 0.135. The summed E-state index contributed by atoms with van der Waals surface area (Å²) in [6.45, 7) is 4.38. The maximum Gasteiger partial charge on any atom is 0.331 e. The van der Waals surface area contributed by atoms with Gasteiger partial charge in [0.25, 0.3) is 0 Å². The van der Waals surface area contributed by atoms with Gasteiger partial charge in [-0.25, -0.2) is 4.79 Å². The van der Waals surface area contributed by atoms with Gasteiger partial charge in [0.2, 0.25) is 0 Å².